The van der Waals surface area contributed by atoms with Crippen LogP contribution in [-0.2, 0) is 18.0 Å². The fraction of sp³-hybridized carbons (Fsp3) is 0.382. The summed E-state index contributed by atoms with van der Waals surface area (Å²) in [6, 6.07) is 22.2. The number of aromatic nitrogens is 1. The van der Waals surface area contributed by atoms with Crippen LogP contribution in [0.1, 0.15) is 72.8 Å². The van der Waals surface area contributed by atoms with Crippen LogP contribution in [0.2, 0.25) is 0 Å². The molecular weight excluding hydrogens is 559 g/mol. The van der Waals surface area contributed by atoms with E-state index in [-0.39, 0.29) is 29.9 Å². The van der Waals surface area contributed by atoms with Gasteiger partial charge in [-0.15, -0.1) is 13.2 Å². The molecule has 0 saturated heterocycles. The number of benzene rings is 3. The Morgan fingerprint density at radius 3 is 2.14 bits per heavy atom. The van der Waals surface area contributed by atoms with Crippen LogP contribution in [0.5, 0.6) is 17.2 Å². The molecule has 6 nitrogen and oxygen atoms in total. The quantitative estimate of drug-likeness (QED) is 0.173. The Kier molecular flexibility index (Phi) is 8.61. The second kappa shape index (κ2) is 12.7. The highest BCUT2D eigenvalue weighted by Crippen LogP contribution is 2.46. The fourth-order valence-electron chi connectivity index (χ4n) is 5.70. The Morgan fingerprint density at radius 1 is 0.791 bits per heavy atom. The summed E-state index contributed by atoms with van der Waals surface area (Å²) in [5.74, 6) is 2.73. The van der Waals surface area contributed by atoms with Crippen LogP contribution in [0.15, 0.2) is 77.3 Å². The minimum Gasteiger partial charge on any atom is -0.497 e. The average Bonchev–Trinajstić information content (AvgIpc) is 3.78. The van der Waals surface area contributed by atoms with Gasteiger partial charge >= 0.3 is 6.36 Å². The lowest BCUT2D eigenvalue weighted by Gasteiger charge is -2.29. The Morgan fingerprint density at radius 2 is 1.47 bits per heavy atom. The summed E-state index contributed by atoms with van der Waals surface area (Å²) in [6.07, 6.45) is 0.966. The molecule has 2 saturated carbocycles. The molecule has 0 aliphatic heterocycles. The number of rotatable bonds is 11. The van der Waals surface area contributed by atoms with E-state index in [1.807, 2.05) is 36.4 Å². The molecule has 0 amide bonds. The van der Waals surface area contributed by atoms with Crippen LogP contribution in [-0.4, -0.2) is 24.7 Å². The monoisotopic (exact) mass is 593 g/mol. The summed E-state index contributed by atoms with van der Waals surface area (Å²) < 4.78 is 66.7. The van der Waals surface area contributed by atoms with E-state index in [1.165, 1.54) is 17.7 Å². The van der Waals surface area contributed by atoms with Crippen LogP contribution in [0.3, 0.4) is 0 Å². The first-order valence-corrected chi connectivity index (χ1v) is 14.7. The predicted molar refractivity (Wildman–Crippen MR) is 154 cm³/mol. The van der Waals surface area contributed by atoms with Crippen molar-refractivity contribution in [2.24, 2.45) is 0 Å². The third kappa shape index (κ3) is 7.33. The zero-order valence-corrected chi connectivity index (χ0v) is 23.9. The third-order valence-corrected chi connectivity index (χ3v) is 8.19. The van der Waals surface area contributed by atoms with E-state index in [9.17, 15) is 13.2 Å². The number of ether oxygens (including phenoxy) is 4. The highest BCUT2D eigenvalue weighted by atomic mass is 19.4. The van der Waals surface area contributed by atoms with Crippen molar-refractivity contribution in [1.82, 2.24) is 5.16 Å². The minimum atomic E-state index is -4.81. The number of para-hydroxylation sites is 1. The number of alkyl halides is 3. The van der Waals surface area contributed by atoms with E-state index < -0.39 is 6.36 Å². The Bertz CT molecular complexity index is 1490. The van der Waals surface area contributed by atoms with E-state index >= 15 is 0 Å². The van der Waals surface area contributed by atoms with Crippen LogP contribution < -0.4 is 14.2 Å². The van der Waals surface area contributed by atoms with E-state index in [4.69, 9.17) is 18.7 Å². The SMILES string of the molecule is COc1ccc(COc2ccc(C3CCC(OCc4c(-c5ccccc5OC(F)(F)F)noc4C4CC4)CC3)cc2)cc1. The van der Waals surface area contributed by atoms with Crippen molar-refractivity contribution >= 4 is 0 Å². The van der Waals surface area contributed by atoms with Gasteiger partial charge in [-0.05, 0) is 92.0 Å². The van der Waals surface area contributed by atoms with Gasteiger partial charge < -0.3 is 23.5 Å². The summed E-state index contributed by atoms with van der Waals surface area (Å²) >= 11 is 0. The molecule has 43 heavy (non-hydrogen) atoms. The van der Waals surface area contributed by atoms with Crippen LogP contribution in [0.25, 0.3) is 11.3 Å². The van der Waals surface area contributed by atoms with Crippen molar-refractivity contribution < 1.29 is 36.6 Å². The fourth-order valence-corrected chi connectivity index (χ4v) is 5.70. The van der Waals surface area contributed by atoms with Gasteiger partial charge in [0.05, 0.1) is 19.8 Å². The minimum absolute atomic E-state index is 0.0554. The summed E-state index contributed by atoms with van der Waals surface area (Å²) in [4.78, 5) is 0. The standard InChI is InChI=1S/C34H34F3NO5/c1-39-26-14-6-22(7-15-26)20-40-27-16-10-23(11-17-27)24-12-18-28(19-13-24)41-21-30-32(38-43-33(30)25-8-9-25)29-4-2-3-5-31(29)42-34(35,36)37/h2-7,10-11,14-17,24-25,28H,8-9,12-13,18-21H2,1H3. The molecule has 2 fully saturated rings. The van der Waals surface area contributed by atoms with Gasteiger partial charge in [0, 0.05) is 17.0 Å². The summed E-state index contributed by atoms with van der Waals surface area (Å²) in [5.41, 5.74) is 3.67. The lowest BCUT2D eigenvalue weighted by atomic mass is 9.82. The van der Waals surface area contributed by atoms with Crippen molar-refractivity contribution in [3.05, 3.63) is 95.2 Å². The molecule has 3 aromatic carbocycles. The lowest BCUT2D eigenvalue weighted by Crippen LogP contribution is -2.21. The molecule has 0 radical (unpaired) electrons. The van der Waals surface area contributed by atoms with Crippen molar-refractivity contribution in [2.45, 2.75) is 76.0 Å². The molecular formula is C34H34F3NO5. The van der Waals surface area contributed by atoms with E-state index in [0.29, 0.717) is 29.5 Å². The first-order valence-electron chi connectivity index (χ1n) is 14.7. The predicted octanol–water partition coefficient (Wildman–Crippen LogP) is 8.95. The molecule has 9 heteroatoms. The van der Waals surface area contributed by atoms with Crippen molar-refractivity contribution in [1.29, 1.82) is 0 Å². The summed E-state index contributed by atoms with van der Waals surface area (Å²) in [6.45, 7) is 0.726. The van der Waals surface area contributed by atoms with E-state index in [0.717, 1.165) is 55.6 Å². The number of halogens is 3. The van der Waals surface area contributed by atoms with Crippen LogP contribution in [0, 0.1) is 0 Å². The lowest BCUT2D eigenvalue weighted by molar-refractivity contribution is -0.274. The normalized spacial score (nSPS) is 18.8. The molecule has 0 bridgehead atoms. The maximum atomic E-state index is 13.1. The van der Waals surface area contributed by atoms with Gasteiger partial charge in [-0.1, -0.05) is 41.6 Å². The zero-order valence-electron chi connectivity index (χ0n) is 23.9. The first-order chi connectivity index (χ1) is 20.9. The Hall–Kier alpha value is -3.98. The Balaban J connectivity index is 1.04. The molecule has 6 rings (SSSR count). The maximum absolute atomic E-state index is 13.1. The topological polar surface area (TPSA) is 63.0 Å². The number of hydrogen-bond acceptors (Lipinski definition) is 6. The number of nitrogens with zero attached hydrogens (tertiary/aromatic N) is 1. The van der Waals surface area contributed by atoms with Gasteiger partial charge in [0.25, 0.3) is 0 Å². The van der Waals surface area contributed by atoms with E-state index in [2.05, 4.69) is 22.0 Å². The van der Waals surface area contributed by atoms with Crippen LogP contribution >= 0.6 is 0 Å². The summed E-state index contributed by atoms with van der Waals surface area (Å²) in [5, 5.41) is 4.18. The molecule has 1 heterocycles. The average molecular weight is 594 g/mol. The molecule has 0 atom stereocenters. The largest absolute Gasteiger partial charge is 0.573 e. The molecule has 2 aliphatic rings. The van der Waals surface area contributed by atoms with Crippen molar-refractivity contribution in [3.8, 4) is 28.5 Å². The molecule has 0 unspecified atom stereocenters. The van der Waals surface area contributed by atoms with Gasteiger partial charge in [0.1, 0.15) is 35.3 Å². The second-order valence-corrected chi connectivity index (χ2v) is 11.2. The van der Waals surface area contributed by atoms with Gasteiger partial charge in [0.15, 0.2) is 0 Å². The zero-order chi connectivity index (χ0) is 29.8. The first kappa shape index (κ1) is 29.1. The van der Waals surface area contributed by atoms with E-state index in [1.54, 1.807) is 19.2 Å². The smallest absolute Gasteiger partial charge is 0.497 e. The van der Waals surface area contributed by atoms with Gasteiger partial charge in [0.2, 0.25) is 0 Å². The molecule has 4 aromatic rings. The highest BCUT2D eigenvalue weighted by Gasteiger charge is 2.36. The third-order valence-electron chi connectivity index (χ3n) is 8.19. The second-order valence-electron chi connectivity index (χ2n) is 11.2. The number of methoxy groups -OCH3 is 1. The maximum Gasteiger partial charge on any atom is 0.573 e. The Labute approximate surface area is 248 Å². The van der Waals surface area contributed by atoms with Gasteiger partial charge in [-0.3, -0.25) is 0 Å². The highest BCUT2D eigenvalue weighted by molar-refractivity contribution is 5.70. The molecule has 0 spiro atoms. The van der Waals surface area contributed by atoms with Crippen molar-refractivity contribution in [2.75, 3.05) is 7.11 Å². The molecule has 226 valence electrons. The van der Waals surface area contributed by atoms with Crippen LogP contribution in [0.4, 0.5) is 13.2 Å². The summed E-state index contributed by atoms with van der Waals surface area (Å²) in [7, 11) is 1.65. The molecule has 2 aliphatic carbocycles. The van der Waals surface area contributed by atoms with Crippen molar-refractivity contribution in [3.63, 3.8) is 0 Å². The van der Waals surface area contributed by atoms with Gasteiger partial charge in [-0.2, -0.15) is 0 Å². The van der Waals surface area contributed by atoms with Gasteiger partial charge in [-0.25, -0.2) is 0 Å². The number of hydrogen-bond donors (Lipinski definition) is 0. The molecule has 1 aromatic heterocycles. The molecule has 0 N–H and O–H groups in total.